The quantitative estimate of drug-likeness (QED) is 0.797. The fourth-order valence-corrected chi connectivity index (χ4v) is 6.65. The summed E-state index contributed by atoms with van der Waals surface area (Å²) in [5.74, 6) is -0.615. The van der Waals surface area contributed by atoms with Gasteiger partial charge in [-0.2, -0.15) is 5.10 Å². The molecule has 1 atom stereocenters. The fourth-order valence-electron chi connectivity index (χ4n) is 3.92. The third kappa shape index (κ3) is 4.27. The molecule has 2 amide bonds. The first-order chi connectivity index (χ1) is 13.4. The number of nitrogens with zero attached hydrogens (tertiary/aromatic N) is 3. The van der Waals surface area contributed by atoms with Crippen molar-refractivity contribution >= 4 is 43.8 Å². The lowest BCUT2D eigenvalue weighted by atomic mass is 10.0. The van der Waals surface area contributed by atoms with Gasteiger partial charge in [0.15, 0.2) is 15.0 Å². The van der Waals surface area contributed by atoms with Crippen LogP contribution in [0.2, 0.25) is 0 Å². The van der Waals surface area contributed by atoms with Crippen molar-refractivity contribution in [3.8, 4) is 0 Å². The lowest BCUT2D eigenvalue weighted by Gasteiger charge is -2.27. The van der Waals surface area contributed by atoms with Crippen molar-refractivity contribution in [2.24, 2.45) is 5.10 Å². The Morgan fingerprint density at radius 2 is 1.89 bits per heavy atom. The SMILES string of the molecule is O=C(Nc1nc2c(s1)CCCCCC2)C1=NN([C@@H]2CCS(=O)(=O)C2)C(=O)CC1. The van der Waals surface area contributed by atoms with E-state index in [0.29, 0.717) is 11.6 Å². The van der Waals surface area contributed by atoms with E-state index in [9.17, 15) is 18.0 Å². The number of hydrogen-bond acceptors (Lipinski definition) is 7. The minimum atomic E-state index is -3.13. The van der Waals surface area contributed by atoms with E-state index in [0.717, 1.165) is 31.4 Å². The molecule has 0 radical (unpaired) electrons. The molecule has 1 aromatic rings. The van der Waals surface area contributed by atoms with Gasteiger partial charge >= 0.3 is 0 Å². The van der Waals surface area contributed by atoms with Gasteiger partial charge in [0, 0.05) is 17.7 Å². The Hall–Kier alpha value is -1.81. The van der Waals surface area contributed by atoms with Crippen LogP contribution in [0.5, 0.6) is 0 Å². The molecule has 3 aliphatic rings. The van der Waals surface area contributed by atoms with Gasteiger partial charge in [0.1, 0.15) is 5.71 Å². The zero-order valence-corrected chi connectivity index (χ0v) is 17.3. The van der Waals surface area contributed by atoms with Gasteiger partial charge in [-0.25, -0.2) is 18.4 Å². The number of aromatic nitrogens is 1. The van der Waals surface area contributed by atoms with Crippen molar-refractivity contribution in [1.82, 2.24) is 9.99 Å². The number of hydrazone groups is 1. The molecule has 1 fully saturated rings. The third-order valence-corrected chi connectivity index (χ3v) is 8.27. The Morgan fingerprint density at radius 1 is 1.11 bits per heavy atom. The summed E-state index contributed by atoms with van der Waals surface area (Å²) in [5, 5.41) is 8.84. The number of rotatable bonds is 3. The normalized spacial score (nSPS) is 24.9. The largest absolute Gasteiger partial charge is 0.297 e. The maximum atomic E-state index is 12.7. The topological polar surface area (TPSA) is 109 Å². The molecule has 4 rings (SSSR count). The van der Waals surface area contributed by atoms with Gasteiger partial charge < -0.3 is 0 Å². The van der Waals surface area contributed by atoms with Crippen LogP contribution in [-0.2, 0) is 32.3 Å². The maximum absolute atomic E-state index is 12.7. The van der Waals surface area contributed by atoms with Gasteiger partial charge in [-0.15, -0.1) is 11.3 Å². The number of fused-ring (bicyclic) bond motifs is 1. The predicted octanol–water partition coefficient (Wildman–Crippen LogP) is 1.91. The van der Waals surface area contributed by atoms with Crippen LogP contribution >= 0.6 is 11.3 Å². The van der Waals surface area contributed by atoms with E-state index < -0.39 is 15.9 Å². The molecule has 3 heterocycles. The summed E-state index contributed by atoms with van der Waals surface area (Å²) >= 11 is 1.52. The number of hydrogen-bond donors (Lipinski definition) is 1. The molecular formula is C18H24N4O4S2. The second-order valence-electron chi connectivity index (χ2n) is 7.60. The molecule has 0 aromatic carbocycles. The summed E-state index contributed by atoms with van der Waals surface area (Å²) < 4.78 is 23.4. The molecule has 0 unspecified atom stereocenters. The summed E-state index contributed by atoms with van der Waals surface area (Å²) in [4.78, 5) is 30.7. The summed E-state index contributed by atoms with van der Waals surface area (Å²) in [7, 11) is -3.13. The lowest BCUT2D eigenvalue weighted by Crippen LogP contribution is -2.42. The zero-order valence-electron chi connectivity index (χ0n) is 15.6. The van der Waals surface area contributed by atoms with Crippen LogP contribution in [0.1, 0.15) is 55.5 Å². The van der Waals surface area contributed by atoms with Crippen LogP contribution in [0.3, 0.4) is 0 Å². The number of carbonyl (C=O) groups excluding carboxylic acids is 2. The van der Waals surface area contributed by atoms with Gasteiger partial charge in [0.25, 0.3) is 5.91 Å². The fraction of sp³-hybridized carbons (Fsp3) is 0.667. The summed E-state index contributed by atoms with van der Waals surface area (Å²) in [6, 6.07) is -0.472. The number of aryl methyl sites for hydroxylation is 2. The molecule has 0 saturated carbocycles. The van der Waals surface area contributed by atoms with E-state index >= 15 is 0 Å². The molecule has 8 nitrogen and oxygen atoms in total. The first-order valence-corrected chi connectivity index (χ1v) is 12.4. The molecule has 2 aliphatic heterocycles. The van der Waals surface area contributed by atoms with Gasteiger partial charge in [-0.3, -0.25) is 14.9 Å². The van der Waals surface area contributed by atoms with Crippen molar-refractivity contribution in [2.45, 2.75) is 63.8 Å². The minimum Gasteiger partial charge on any atom is -0.297 e. The zero-order chi connectivity index (χ0) is 19.7. The van der Waals surface area contributed by atoms with Gasteiger partial charge in [0.05, 0.1) is 23.2 Å². The molecule has 0 bridgehead atoms. The highest BCUT2D eigenvalue weighted by Crippen LogP contribution is 2.29. The van der Waals surface area contributed by atoms with Crippen molar-refractivity contribution in [1.29, 1.82) is 0 Å². The van der Waals surface area contributed by atoms with E-state index in [1.165, 1.54) is 34.1 Å². The molecule has 10 heteroatoms. The van der Waals surface area contributed by atoms with Crippen LogP contribution in [-0.4, -0.2) is 53.5 Å². The predicted molar refractivity (Wildman–Crippen MR) is 107 cm³/mol. The van der Waals surface area contributed by atoms with Gasteiger partial charge in [-0.05, 0) is 32.1 Å². The Bertz CT molecular complexity index is 897. The van der Waals surface area contributed by atoms with Crippen molar-refractivity contribution in [3.63, 3.8) is 0 Å². The molecule has 0 spiro atoms. The van der Waals surface area contributed by atoms with Gasteiger partial charge in [-0.1, -0.05) is 12.8 Å². The number of sulfone groups is 1. The first-order valence-electron chi connectivity index (χ1n) is 9.81. The Balaban J connectivity index is 1.47. The number of thiazole rings is 1. The smallest absolute Gasteiger partial charge is 0.273 e. The highest BCUT2D eigenvalue weighted by Gasteiger charge is 2.37. The van der Waals surface area contributed by atoms with E-state index in [1.807, 2.05) is 0 Å². The van der Waals surface area contributed by atoms with Crippen molar-refractivity contribution < 1.29 is 18.0 Å². The number of carbonyl (C=O) groups is 2. The number of nitrogens with one attached hydrogen (secondary N) is 1. The molecule has 1 saturated heterocycles. The first kappa shape index (κ1) is 19.5. The Kier molecular flexibility index (Phi) is 5.50. The van der Waals surface area contributed by atoms with Crippen LogP contribution in [0, 0.1) is 0 Å². The average Bonchev–Trinajstić information content (AvgIpc) is 3.17. The number of anilines is 1. The summed E-state index contributed by atoms with van der Waals surface area (Å²) in [6.45, 7) is 0. The average molecular weight is 425 g/mol. The third-order valence-electron chi connectivity index (χ3n) is 5.44. The molecule has 152 valence electrons. The van der Waals surface area contributed by atoms with E-state index in [-0.39, 0.29) is 41.9 Å². The van der Waals surface area contributed by atoms with Crippen molar-refractivity contribution in [2.75, 3.05) is 16.8 Å². The second kappa shape index (κ2) is 7.90. The van der Waals surface area contributed by atoms with E-state index in [2.05, 4.69) is 15.4 Å². The molecule has 28 heavy (non-hydrogen) atoms. The summed E-state index contributed by atoms with van der Waals surface area (Å²) in [5.41, 5.74) is 1.34. The van der Waals surface area contributed by atoms with Crippen molar-refractivity contribution in [3.05, 3.63) is 10.6 Å². The van der Waals surface area contributed by atoms with E-state index in [1.54, 1.807) is 0 Å². The Morgan fingerprint density at radius 3 is 2.64 bits per heavy atom. The highest BCUT2D eigenvalue weighted by atomic mass is 32.2. The lowest BCUT2D eigenvalue weighted by molar-refractivity contribution is -0.133. The molecule has 1 N–H and O–H groups in total. The molecule has 1 aliphatic carbocycles. The van der Waals surface area contributed by atoms with E-state index in [4.69, 9.17) is 0 Å². The standard InChI is InChI=1S/C18H24N4O4S2/c23-16-8-7-14(21-22(16)12-9-10-28(25,26)11-12)17(24)20-18-19-13-5-3-1-2-4-6-15(13)27-18/h12H,1-11H2,(H,19,20,24)/t12-/m1/s1. The summed E-state index contributed by atoms with van der Waals surface area (Å²) in [6.07, 6.45) is 7.46. The van der Waals surface area contributed by atoms with Crippen LogP contribution in [0.4, 0.5) is 5.13 Å². The Labute approximate surface area is 168 Å². The molecule has 1 aromatic heterocycles. The van der Waals surface area contributed by atoms with Crippen LogP contribution in [0.25, 0.3) is 0 Å². The highest BCUT2D eigenvalue weighted by molar-refractivity contribution is 7.91. The van der Waals surface area contributed by atoms with Crippen LogP contribution < -0.4 is 5.32 Å². The van der Waals surface area contributed by atoms with Gasteiger partial charge in [0.2, 0.25) is 5.91 Å². The number of amides is 2. The molecular weight excluding hydrogens is 400 g/mol. The monoisotopic (exact) mass is 424 g/mol. The maximum Gasteiger partial charge on any atom is 0.273 e. The van der Waals surface area contributed by atoms with Crippen LogP contribution in [0.15, 0.2) is 5.10 Å². The minimum absolute atomic E-state index is 0.0587. The second-order valence-corrected chi connectivity index (χ2v) is 10.9.